The molecule has 1 nitrogen and oxygen atoms in total. The average Bonchev–Trinajstić information content (AvgIpc) is 2.57. The zero-order chi connectivity index (χ0) is 12.4. The Labute approximate surface area is 139 Å². The maximum Gasteiger partial charge on any atom is 0.0843 e. The number of hydrogen-bond acceptors (Lipinski definition) is 2. The number of hydrogen-bond donors (Lipinski definition) is 1. The Kier molecular flexibility index (Phi) is 5.18. The van der Waals surface area contributed by atoms with Gasteiger partial charge in [0.2, 0.25) is 0 Å². The van der Waals surface area contributed by atoms with E-state index >= 15 is 0 Å². The molecule has 2 rings (SSSR count). The van der Waals surface area contributed by atoms with Crippen molar-refractivity contribution in [2.75, 3.05) is 5.32 Å². The van der Waals surface area contributed by atoms with Gasteiger partial charge in [-0.1, -0.05) is 11.6 Å². The van der Waals surface area contributed by atoms with Crippen molar-refractivity contribution >= 4 is 83.1 Å². The van der Waals surface area contributed by atoms with E-state index in [1.165, 1.54) is 4.88 Å². The van der Waals surface area contributed by atoms with E-state index in [9.17, 15) is 0 Å². The van der Waals surface area contributed by atoms with Gasteiger partial charge in [0.05, 0.1) is 3.79 Å². The van der Waals surface area contributed by atoms with E-state index in [1.54, 1.807) is 11.3 Å². The molecule has 0 fully saturated rings. The molecule has 90 valence electrons. The quantitative estimate of drug-likeness (QED) is 0.492. The van der Waals surface area contributed by atoms with Crippen LogP contribution in [0, 0.1) is 3.57 Å². The van der Waals surface area contributed by atoms with Crippen LogP contribution in [0.25, 0.3) is 0 Å². The molecule has 0 saturated heterocycles. The van der Waals surface area contributed by atoms with Gasteiger partial charge in [0.1, 0.15) is 0 Å². The summed E-state index contributed by atoms with van der Waals surface area (Å²) in [5.41, 5.74) is 1.11. The molecular weight excluding hydrogens is 500 g/mol. The molecule has 1 aromatic heterocycles. The fourth-order valence-corrected chi connectivity index (χ4v) is 4.47. The Hall–Kier alpha value is 0.700. The van der Waals surface area contributed by atoms with Gasteiger partial charge < -0.3 is 5.32 Å². The standard InChI is InChI=1S/C11H7Br2ClINS/c12-8-4-7(17-11(8)13)5-16-10-2-1-6(14)3-9(10)15/h1-4,16H,5H2. The van der Waals surface area contributed by atoms with Gasteiger partial charge in [-0.3, -0.25) is 0 Å². The van der Waals surface area contributed by atoms with Crippen molar-refractivity contribution in [1.29, 1.82) is 0 Å². The first kappa shape index (κ1) is 14.1. The third-order valence-corrected chi connectivity index (χ3v) is 6.46. The topological polar surface area (TPSA) is 12.0 Å². The maximum absolute atomic E-state index is 5.92. The van der Waals surface area contributed by atoms with Crippen molar-refractivity contribution in [1.82, 2.24) is 0 Å². The second kappa shape index (κ2) is 6.23. The predicted molar refractivity (Wildman–Crippen MR) is 91.2 cm³/mol. The lowest BCUT2D eigenvalue weighted by Crippen LogP contribution is -1.98. The summed E-state index contributed by atoms with van der Waals surface area (Å²) in [5, 5.41) is 4.16. The van der Waals surface area contributed by atoms with Crippen LogP contribution in [0.2, 0.25) is 5.02 Å². The number of benzene rings is 1. The molecule has 1 heterocycles. The molecule has 2 aromatic rings. The van der Waals surface area contributed by atoms with Gasteiger partial charge in [-0.25, -0.2) is 0 Å². The summed E-state index contributed by atoms with van der Waals surface area (Å²) in [6.45, 7) is 0.812. The molecule has 0 radical (unpaired) electrons. The Morgan fingerprint density at radius 3 is 2.65 bits per heavy atom. The Bertz CT molecular complexity index is 525. The second-order valence-corrected chi connectivity index (χ2v) is 8.22. The second-order valence-electron chi connectivity index (χ2n) is 3.31. The molecule has 0 bridgehead atoms. The molecule has 0 aliphatic carbocycles. The first-order chi connectivity index (χ1) is 8.06. The van der Waals surface area contributed by atoms with Crippen LogP contribution >= 0.6 is 77.4 Å². The number of rotatable bonds is 3. The fraction of sp³-hybridized carbons (Fsp3) is 0.0909. The van der Waals surface area contributed by atoms with Crippen molar-refractivity contribution in [3.63, 3.8) is 0 Å². The van der Waals surface area contributed by atoms with Crippen LogP contribution in [-0.2, 0) is 6.54 Å². The Morgan fingerprint density at radius 1 is 1.29 bits per heavy atom. The van der Waals surface area contributed by atoms with Gasteiger partial charge in [0, 0.05) is 30.2 Å². The van der Waals surface area contributed by atoms with E-state index < -0.39 is 0 Å². The summed E-state index contributed by atoms with van der Waals surface area (Å²) in [7, 11) is 0. The summed E-state index contributed by atoms with van der Waals surface area (Å²) in [4.78, 5) is 1.27. The lowest BCUT2D eigenvalue weighted by Gasteiger charge is -2.07. The number of thiophene rings is 1. The van der Waals surface area contributed by atoms with Gasteiger partial charge in [-0.15, -0.1) is 11.3 Å². The molecule has 0 saturated carbocycles. The lowest BCUT2D eigenvalue weighted by atomic mass is 10.3. The molecule has 0 unspecified atom stereocenters. The third kappa shape index (κ3) is 3.83. The molecule has 0 aliphatic rings. The van der Waals surface area contributed by atoms with E-state index in [2.05, 4.69) is 65.8 Å². The molecule has 0 amide bonds. The average molecular weight is 507 g/mol. The van der Waals surface area contributed by atoms with Crippen molar-refractivity contribution in [2.24, 2.45) is 0 Å². The molecule has 1 aromatic carbocycles. The summed E-state index contributed by atoms with van der Waals surface area (Å²) >= 11 is 16.9. The third-order valence-electron chi connectivity index (χ3n) is 2.08. The van der Waals surface area contributed by atoms with Crippen LogP contribution in [-0.4, -0.2) is 0 Å². The van der Waals surface area contributed by atoms with E-state index in [0.717, 1.165) is 29.1 Å². The van der Waals surface area contributed by atoms with Gasteiger partial charge in [0.15, 0.2) is 0 Å². The van der Waals surface area contributed by atoms with Gasteiger partial charge >= 0.3 is 0 Å². The van der Waals surface area contributed by atoms with Gasteiger partial charge in [-0.05, 0) is 78.7 Å². The summed E-state index contributed by atoms with van der Waals surface area (Å²) in [6.07, 6.45) is 0. The van der Waals surface area contributed by atoms with Crippen LogP contribution in [0.4, 0.5) is 5.69 Å². The molecule has 17 heavy (non-hydrogen) atoms. The minimum atomic E-state index is 0.765. The van der Waals surface area contributed by atoms with Crippen molar-refractivity contribution in [2.45, 2.75) is 6.54 Å². The fourth-order valence-electron chi connectivity index (χ4n) is 1.29. The van der Waals surface area contributed by atoms with Crippen LogP contribution < -0.4 is 5.32 Å². The van der Waals surface area contributed by atoms with Gasteiger partial charge in [0.25, 0.3) is 0 Å². The van der Waals surface area contributed by atoms with Crippen LogP contribution in [0.1, 0.15) is 4.88 Å². The largest absolute Gasteiger partial charge is 0.379 e. The monoisotopic (exact) mass is 505 g/mol. The minimum Gasteiger partial charge on any atom is -0.379 e. The van der Waals surface area contributed by atoms with Crippen LogP contribution in [0.5, 0.6) is 0 Å². The van der Waals surface area contributed by atoms with Gasteiger partial charge in [-0.2, -0.15) is 0 Å². The Balaban J connectivity index is 2.07. The van der Waals surface area contributed by atoms with E-state index in [0.29, 0.717) is 0 Å². The first-order valence-electron chi connectivity index (χ1n) is 4.69. The highest BCUT2D eigenvalue weighted by atomic mass is 127. The number of halogens is 4. The maximum atomic E-state index is 5.92. The summed E-state index contributed by atoms with van der Waals surface area (Å²) in [6, 6.07) is 7.96. The number of anilines is 1. The smallest absolute Gasteiger partial charge is 0.0843 e. The molecule has 1 N–H and O–H groups in total. The lowest BCUT2D eigenvalue weighted by molar-refractivity contribution is 1.19. The van der Waals surface area contributed by atoms with Crippen molar-refractivity contribution in [3.05, 3.63) is 46.0 Å². The Morgan fingerprint density at radius 2 is 2.06 bits per heavy atom. The highest BCUT2D eigenvalue weighted by Crippen LogP contribution is 2.33. The SMILES string of the molecule is Clc1ccc(NCc2cc(Br)c(Br)s2)c(I)c1. The highest BCUT2D eigenvalue weighted by Gasteiger charge is 2.05. The zero-order valence-corrected chi connectivity index (χ0v) is 15.3. The van der Waals surface area contributed by atoms with E-state index in [1.807, 2.05) is 18.2 Å². The van der Waals surface area contributed by atoms with Crippen LogP contribution in [0.15, 0.2) is 32.5 Å². The summed E-state index contributed by atoms with van der Waals surface area (Å²) in [5.74, 6) is 0. The van der Waals surface area contributed by atoms with Crippen molar-refractivity contribution < 1.29 is 0 Å². The zero-order valence-electron chi connectivity index (χ0n) is 8.44. The van der Waals surface area contributed by atoms with Crippen molar-refractivity contribution in [3.8, 4) is 0 Å². The predicted octanol–water partition coefficient (Wildman–Crippen LogP) is 6.14. The minimum absolute atomic E-state index is 0.765. The molecule has 0 spiro atoms. The first-order valence-corrected chi connectivity index (χ1v) is 8.55. The molecule has 6 heteroatoms. The molecule has 0 atom stereocenters. The summed E-state index contributed by atoms with van der Waals surface area (Å²) < 4.78 is 3.36. The normalized spacial score (nSPS) is 10.6. The van der Waals surface area contributed by atoms with E-state index in [4.69, 9.17) is 11.6 Å². The van der Waals surface area contributed by atoms with Crippen LogP contribution in [0.3, 0.4) is 0 Å². The van der Waals surface area contributed by atoms with E-state index in [-0.39, 0.29) is 0 Å². The molecule has 0 aliphatic heterocycles. The molecular formula is C11H7Br2ClINS. The highest BCUT2D eigenvalue weighted by molar-refractivity contribution is 14.1. The number of nitrogens with one attached hydrogen (secondary N) is 1.